The van der Waals surface area contributed by atoms with Crippen LogP contribution in [-0.4, -0.2) is 31.4 Å². The lowest BCUT2D eigenvalue weighted by atomic mass is 10.2. The molecule has 0 aliphatic carbocycles. The number of carbonyl (C=O) groups is 1. The molecule has 0 saturated carbocycles. The van der Waals surface area contributed by atoms with Gasteiger partial charge in [0.25, 0.3) is 5.91 Å². The van der Waals surface area contributed by atoms with Crippen LogP contribution in [0.25, 0.3) is 0 Å². The number of rotatable bonds is 8. The van der Waals surface area contributed by atoms with Crippen LogP contribution in [0.1, 0.15) is 16.7 Å². The second kappa shape index (κ2) is 10.7. The van der Waals surface area contributed by atoms with Gasteiger partial charge < -0.3 is 0 Å². The minimum absolute atomic E-state index is 0.0663. The van der Waals surface area contributed by atoms with Crippen molar-refractivity contribution in [3.8, 4) is 0 Å². The fraction of sp³-hybridized carbons (Fsp3) is 0.130. The van der Waals surface area contributed by atoms with E-state index in [1.165, 1.54) is 18.3 Å². The summed E-state index contributed by atoms with van der Waals surface area (Å²) < 4.78 is 27.5. The first-order valence-electron chi connectivity index (χ1n) is 9.63. The van der Waals surface area contributed by atoms with E-state index in [0.717, 1.165) is 15.4 Å². The molecule has 3 aromatic rings. The second-order valence-corrected chi connectivity index (χ2v) is 9.79. The molecule has 1 amide bonds. The summed E-state index contributed by atoms with van der Waals surface area (Å²) in [5.74, 6) is -0.575. The molecule has 9 heteroatoms. The van der Waals surface area contributed by atoms with Crippen molar-refractivity contribution < 1.29 is 13.2 Å². The minimum Gasteiger partial charge on any atom is -0.272 e. The van der Waals surface area contributed by atoms with E-state index >= 15 is 0 Å². The van der Waals surface area contributed by atoms with E-state index in [1.54, 1.807) is 36.4 Å². The molecule has 0 fully saturated rings. The van der Waals surface area contributed by atoms with Crippen LogP contribution in [0.3, 0.4) is 0 Å². The van der Waals surface area contributed by atoms with Crippen molar-refractivity contribution in [2.75, 3.05) is 6.54 Å². The Morgan fingerprint density at radius 1 is 1.00 bits per heavy atom. The number of hydrazone groups is 1. The average molecular weight is 490 g/mol. The molecular weight excluding hydrogens is 469 g/mol. The van der Waals surface area contributed by atoms with E-state index < -0.39 is 22.5 Å². The minimum atomic E-state index is -3.96. The van der Waals surface area contributed by atoms with Crippen LogP contribution in [0.15, 0.2) is 82.8 Å². The summed E-state index contributed by atoms with van der Waals surface area (Å²) >= 11 is 12.0. The topological polar surface area (TPSA) is 78.8 Å². The van der Waals surface area contributed by atoms with Gasteiger partial charge in [0.1, 0.15) is 0 Å². The van der Waals surface area contributed by atoms with E-state index in [1.807, 2.05) is 31.2 Å². The maximum Gasteiger partial charge on any atom is 0.255 e. The van der Waals surface area contributed by atoms with Crippen molar-refractivity contribution in [2.24, 2.45) is 5.10 Å². The Morgan fingerprint density at radius 3 is 2.44 bits per heavy atom. The Balaban J connectivity index is 1.80. The van der Waals surface area contributed by atoms with Crippen LogP contribution in [0.4, 0.5) is 0 Å². The van der Waals surface area contributed by atoms with E-state index in [4.69, 9.17) is 23.2 Å². The van der Waals surface area contributed by atoms with Gasteiger partial charge in [0.15, 0.2) is 0 Å². The Bertz CT molecular complexity index is 1230. The summed E-state index contributed by atoms with van der Waals surface area (Å²) in [5, 5.41) is 4.60. The summed E-state index contributed by atoms with van der Waals surface area (Å²) in [7, 11) is -3.96. The number of hydrogen-bond acceptors (Lipinski definition) is 4. The van der Waals surface area contributed by atoms with Gasteiger partial charge >= 0.3 is 0 Å². The predicted octanol–water partition coefficient (Wildman–Crippen LogP) is 4.64. The fourth-order valence-electron chi connectivity index (χ4n) is 2.93. The second-order valence-electron chi connectivity index (χ2n) is 7.04. The third-order valence-electron chi connectivity index (χ3n) is 4.49. The quantitative estimate of drug-likeness (QED) is 0.369. The van der Waals surface area contributed by atoms with Gasteiger partial charge in [-0.3, -0.25) is 4.79 Å². The molecule has 166 valence electrons. The fourth-order valence-corrected chi connectivity index (χ4v) is 4.66. The first kappa shape index (κ1) is 23.9. The molecule has 0 aliphatic rings. The van der Waals surface area contributed by atoms with E-state index in [2.05, 4.69) is 10.5 Å². The normalized spacial score (nSPS) is 11.8. The van der Waals surface area contributed by atoms with Crippen molar-refractivity contribution in [3.63, 3.8) is 0 Å². The van der Waals surface area contributed by atoms with Crippen LogP contribution in [-0.2, 0) is 21.4 Å². The van der Waals surface area contributed by atoms with Gasteiger partial charge in [-0.15, -0.1) is 0 Å². The standard InChI is InChI=1S/C23H21Cl2N3O3S/c1-17-6-5-7-18(12-17)14-26-27-23(29)16-28(15-19-10-11-21(24)22(25)13-19)32(30,31)20-8-3-2-4-9-20/h2-14H,15-16H2,1H3,(H,27,29)/b26-14-. The van der Waals surface area contributed by atoms with Crippen LogP contribution in [0.5, 0.6) is 0 Å². The zero-order valence-electron chi connectivity index (χ0n) is 17.2. The zero-order chi connectivity index (χ0) is 23.1. The highest BCUT2D eigenvalue weighted by Crippen LogP contribution is 2.25. The van der Waals surface area contributed by atoms with Crippen LogP contribution in [0, 0.1) is 6.92 Å². The highest BCUT2D eigenvalue weighted by Gasteiger charge is 2.27. The van der Waals surface area contributed by atoms with Gasteiger partial charge in [-0.2, -0.15) is 9.41 Å². The van der Waals surface area contributed by atoms with Gasteiger partial charge in [-0.1, -0.05) is 77.3 Å². The Labute approximate surface area is 197 Å². The van der Waals surface area contributed by atoms with Crippen LogP contribution < -0.4 is 5.43 Å². The van der Waals surface area contributed by atoms with Gasteiger partial charge in [-0.05, 0) is 42.3 Å². The molecule has 6 nitrogen and oxygen atoms in total. The third-order valence-corrected chi connectivity index (χ3v) is 7.03. The summed E-state index contributed by atoms with van der Waals surface area (Å²) in [6.07, 6.45) is 1.50. The monoisotopic (exact) mass is 489 g/mol. The lowest BCUT2D eigenvalue weighted by molar-refractivity contribution is -0.121. The van der Waals surface area contributed by atoms with Crippen molar-refractivity contribution in [2.45, 2.75) is 18.4 Å². The molecule has 3 rings (SSSR count). The largest absolute Gasteiger partial charge is 0.272 e. The van der Waals surface area contributed by atoms with Crippen LogP contribution in [0.2, 0.25) is 10.0 Å². The molecular formula is C23H21Cl2N3O3S. The van der Waals surface area contributed by atoms with Crippen molar-refractivity contribution >= 4 is 45.3 Å². The Kier molecular flexibility index (Phi) is 8.04. The number of benzene rings is 3. The molecule has 0 radical (unpaired) electrons. The molecule has 32 heavy (non-hydrogen) atoms. The molecule has 0 heterocycles. The number of nitrogens with zero attached hydrogens (tertiary/aromatic N) is 2. The van der Waals surface area contributed by atoms with Crippen molar-refractivity contribution in [1.82, 2.24) is 9.73 Å². The SMILES string of the molecule is Cc1cccc(/C=N\NC(=O)CN(Cc2ccc(Cl)c(Cl)c2)S(=O)(=O)c2ccccc2)c1. The third kappa shape index (κ3) is 6.40. The number of aryl methyl sites for hydroxylation is 1. The zero-order valence-corrected chi connectivity index (χ0v) is 19.5. The molecule has 0 atom stereocenters. The number of amides is 1. The smallest absolute Gasteiger partial charge is 0.255 e. The molecule has 0 aromatic heterocycles. The van der Waals surface area contributed by atoms with Crippen molar-refractivity contribution in [3.05, 3.63) is 99.5 Å². The molecule has 0 aliphatic heterocycles. The predicted molar refractivity (Wildman–Crippen MR) is 127 cm³/mol. The lowest BCUT2D eigenvalue weighted by Crippen LogP contribution is -2.39. The Hall–Kier alpha value is -2.71. The van der Waals surface area contributed by atoms with E-state index in [0.29, 0.717) is 15.6 Å². The van der Waals surface area contributed by atoms with E-state index in [-0.39, 0.29) is 11.4 Å². The Morgan fingerprint density at radius 2 is 1.75 bits per heavy atom. The highest BCUT2D eigenvalue weighted by molar-refractivity contribution is 7.89. The van der Waals surface area contributed by atoms with Crippen molar-refractivity contribution in [1.29, 1.82) is 0 Å². The first-order chi connectivity index (χ1) is 15.3. The van der Waals surface area contributed by atoms with Gasteiger partial charge in [0.2, 0.25) is 10.0 Å². The molecule has 0 unspecified atom stereocenters. The lowest BCUT2D eigenvalue weighted by Gasteiger charge is -2.21. The summed E-state index contributed by atoms with van der Waals surface area (Å²) in [5.41, 5.74) is 4.85. The summed E-state index contributed by atoms with van der Waals surface area (Å²) in [6, 6.07) is 20.3. The number of nitrogens with one attached hydrogen (secondary N) is 1. The number of carbonyl (C=O) groups excluding carboxylic acids is 1. The van der Waals surface area contributed by atoms with Crippen LogP contribution >= 0.6 is 23.2 Å². The average Bonchev–Trinajstić information content (AvgIpc) is 2.76. The number of hydrogen-bond donors (Lipinski definition) is 1. The van der Waals surface area contributed by atoms with Gasteiger partial charge in [0.05, 0.1) is 27.7 Å². The summed E-state index contributed by atoms with van der Waals surface area (Å²) in [6.45, 7) is 1.46. The maximum absolute atomic E-state index is 13.2. The van der Waals surface area contributed by atoms with Gasteiger partial charge in [0, 0.05) is 6.54 Å². The number of halogens is 2. The number of sulfonamides is 1. The van der Waals surface area contributed by atoms with Gasteiger partial charge in [-0.25, -0.2) is 13.8 Å². The first-order valence-corrected chi connectivity index (χ1v) is 11.8. The molecule has 0 bridgehead atoms. The highest BCUT2D eigenvalue weighted by atomic mass is 35.5. The van der Waals surface area contributed by atoms with E-state index in [9.17, 15) is 13.2 Å². The summed E-state index contributed by atoms with van der Waals surface area (Å²) in [4.78, 5) is 12.6. The molecule has 1 N–H and O–H groups in total. The molecule has 0 spiro atoms. The maximum atomic E-state index is 13.2. The molecule has 0 saturated heterocycles. The molecule has 3 aromatic carbocycles.